The molecule has 4 rings (SSSR count). The minimum atomic E-state index is -0.953. The van der Waals surface area contributed by atoms with Gasteiger partial charge in [-0.25, -0.2) is 9.59 Å². The summed E-state index contributed by atoms with van der Waals surface area (Å²) in [4.78, 5) is 37.2. The van der Waals surface area contributed by atoms with Gasteiger partial charge in [-0.15, -0.1) is 0 Å². The zero-order valence-electron chi connectivity index (χ0n) is 23.0. The van der Waals surface area contributed by atoms with Crippen LogP contribution in [-0.4, -0.2) is 63.1 Å². The lowest BCUT2D eigenvalue weighted by Gasteiger charge is -2.30. The number of ether oxygens (including phenoxy) is 3. The average molecular weight is 561 g/mol. The van der Waals surface area contributed by atoms with Crippen LogP contribution < -0.4 is 21.7 Å². The lowest BCUT2D eigenvalue weighted by molar-refractivity contribution is -0.118. The quantitative estimate of drug-likeness (QED) is 0.281. The Bertz CT molecular complexity index is 1240. The van der Waals surface area contributed by atoms with Crippen LogP contribution in [0, 0.1) is 0 Å². The number of hydrogen-bond acceptors (Lipinski definition) is 7. The highest BCUT2D eigenvalue weighted by molar-refractivity contribution is 5.98. The van der Waals surface area contributed by atoms with Crippen molar-refractivity contribution in [2.24, 2.45) is 5.73 Å². The second-order valence-corrected chi connectivity index (χ2v) is 9.79. The first-order valence-corrected chi connectivity index (χ1v) is 13.5. The molecule has 0 bridgehead atoms. The van der Waals surface area contributed by atoms with Crippen molar-refractivity contribution in [1.29, 1.82) is 0 Å². The summed E-state index contributed by atoms with van der Waals surface area (Å²) < 4.78 is 15.7. The van der Waals surface area contributed by atoms with Crippen LogP contribution in [0.1, 0.15) is 29.0 Å². The van der Waals surface area contributed by atoms with Gasteiger partial charge in [0.25, 0.3) is 0 Å². The van der Waals surface area contributed by atoms with Gasteiger partial charge in [0.1, 0.15) is 12.6 Å². The van der Waals surface area contributed by atoms with Crippen LogP contribution in [0.5, 0.6) is 0 Å². The Morgan fingerprint density at radius 3 is 2.20 bits per heavy atom. The number of nitrogens with one attached hydrogen (secondary N) is 3. The van der Waals surface area contributed by atoms with Crippen LogP contribution in [0.4, 0.5) is 15.3 Å². The third-order valence-corrected chi connectivity index (χ3v) is 7.00. The number of para-hydroxylation sites is 1. The molecule has 1 saturated heterocycles. The molecule has 0 spiro atoms. The van der Waals surface area contributed by atoms with Gasteiger partial charge in [0.15, 0.2) is 0 Å². The van der Waals surface area contributed by atoms with Crippen molar-refractivity contribution < 1.29 is 28.6 Å². The number of primary amides is 1. The van der Waals surface area contributed by atoms with E-state index < -0.39 is 24.1 Å². The number of anilines is 1. The molecule has 3 amide bonds. The molecule has 10 nitrogen and oxygen atoms in total. The number of amides is 3. The largest absolute Gasteiger partial charge is 0.453 e. The van der Waals surface area contributed by atoms with Crippen molar-refractivity contribution in [1.82, 2.24) is 10.6 Å². The fraction of sp³-hybridized carbons (Fsp3) is 0.323. The fourth-order valence-corrected chi connectivity index (χ4v) is 4.91. The van der Waals surface area contributed by atoms with Crippen LogP contribution in [0.15, 0.2) is 84.9 Å². The van der Waals surface area contributed by atoms with Crippen molar-refractivity contribution in [3.63, 3.8) is 0 Å². The van der Waals surface area contributed by atoms with E-state index in [9.17, 15) is 14.4 Å². The van der Waals surface area contributed by atoms with Crippen LogP contribution in [0.3, 0.4) is 0 Å². The van der Waals surface area contributed by atoms with Crippen LogP contribution in [0.2, 0.25) is 0 Å². The Balaban J connectivity index is 1.49. The molecule has 0 aromatic heterocycles. The summed E-state index contributed by atoms with van der Waals surface area (Å²) in [6.45, 7) is 1.16. The number of hydrogen-bond donors (Lipinski definition) is 4. The molecule has 0 saturated carbocycles. The molecule has 1 heterocycles. The number of carbonyl (C=O) groups is 3. The zero-order chi connectivity index (χ0) is 29.0. The Kier molecular flexibility index (Phi) is 10.7. The van der Waals surface area contributed by atoms with Crippen molar-refractivity contribution in [2.45, 2.75) is 36.9 Å². The minimum absolute atomic E-state index is 0.0436. The van der Waals surface area contributed by atoms with Gasteiger partial charge < -0.3 is 35.9 Å². The number of nitrogens with two attached hydrogens (primary N) is 1. The van der Waals surface area contributed by atoms with E-state index in [2.05, 4.69) is 16.0 Å². The maximum absolute atomic E-state index is 13.9. The summed E-state index contributed by atoms with van der Waals surface area (Å²) in [5.41, 5.74) is 8.39. The monoisotopic (exact) mass is 560 g/mol. The number of aryl methyl sites for hydroxylation is 1. The van der Waals surface area contributed by atoms with Gasteiger partial charge in [-0.2, -0.15) is 0 Å². The topological polar surface area (TPSA) is 141 Å². The highest BCUT2D eigenvalue weighted by atomic mass is 16.6. The van der Waals surface area contributed by atoms with E-state index in [0.717, 1.165) is 16.7 Å². The summed E-state index contributed by atoms with van der Waals surface area (Å²) in [7, 11) is 1.27. The van der Waals surface area contributed by atoms with Crippen LogP contribution in [-0.2, 0) is 25.4 Å². The fourth-order valence-electron chi connectivity index (χ4n) is 4.91. The summed E-state index contributed by atoms with van der Waals surface area (Å²) in [6, 6.07) is 25.7. The predicted octanol–water partition coefficient (Wildman–Crippen LogP) is 3.57. The number of methoxy groups -OCH3 is 1. The summed E-state index contributed by atoms with van der Waals surface area (Å²) >= 11 is 0. The van der Waals surface area contributed by atoms with E-state index in [1.54, 1.807) is 0 Å². The maximum Gasteiger partial charge on any atom is 0.407 e. The first-order chi connectivity index (χ1) is 19.9. The van der Waals surface area contributed by atoms with Crippen molar-refractivity contribution >= 4 is 23.8 Å². The Labute approximate surface area is 239 Å². The van der Waals surface area contributed by atoms with E-state index in [1.165, 1.54) is 7.11 Å². The third-order valence-electron chi connectivity index (χ3n) is 7.00. The van der Waals surface area contributed by atoms with E-state index in [-0.39, 0.29) is 24.7 Å². The molecule has 0 radical (unpaired) electrons. The second kappa shape index (κ2) is 14.8. The van der Waals surface area contributed by atoms with E-state index in [4.69, 9.17) is 19.9 Å². The molecule has 1 aliphatic heterocycles. The minimum Gasteiger partial charge on any atom is -0.453 e. The maximum atomic E-state index is 13.9. The SMILES string of the molecule is COC(=O)N[C@H](C(=O)Nc1ccccc1CC[C@@H]1CN[C@H](COC(N)=O)CO1)C(c1ccccc1)c1ccccc1. The molecule has 10 heteroatoms. The van der Waals surface area contributed by atoms with Crippen LogP contribution >= 0.6 is 0 Å². The number of carbonyl (C=O) groups excluding carboxylic acids is 3. The number of rotatable bonds is 11. The third kappa shape index (κ3) is 8.54. The Morgan fingerprint density at radius 1 is 0.976 bits per heavy atom. The summed E-state index contributed by atoms with van der Waals surface area (Å²) in [5, 5.41) is 9.13. The standard InChI is InChI=1S/C31H36N4O6/c1-39-31(38)35-28(27(22-11-4-2-5-12-22)23-13-6-3-7-14-23)29(36)34-26-15-9-8-10-21(26)16-17-25-18-33-24(19-40-25)20-41-30(32)37/h2-15,24-25,27-28,33H,16-20H2,1H3,(H2,32,37)(H,34,36)(H,35,38)/t24-,25+,28-/m0/s1. The smallest absolute Gasteiger partial charge is 0.407 e. The lowest BCUT2D eigenvalue weighted by Crippen LogP contribution is -2.49. The molecule has 5 N–H and O–H groups in total. The molecule has 216 valence electrons. The first-order valence-electron chi connectivity index (χ1n) is 13.5. The molecule has 1 fully saturated rings. The second-order valence-electron chi connectivity index (χ2n) is 9.79. The van der Waals surface area contributed by atoms with E-state index >= 15 is 0 Å². The van der Waals surface area contributed by atoms with Crippen LogP contribution in [0.25, 0.3) is 0 Å². The number of alkyl carbamates (subject to hydrolysis) is 1. The Hall–Kier alpha value is -4.41. The van der Waals surface area contributed by atoms with E-state index in [0.29, 0.717) is 31.7 Å². The van der Waals surface area contributed by atoms with Crippen molar-refractivity contribution in [3.8, 4) is 0 Å². The van der Waals surface area contributed by atoms with Crippen molar-refractivity contribution in [2.75, 3.05) is 32.2 Å². The number of morpholine rings is 1. The molecule has 41 heavy (non-hydrogen) atoms. The van der Waals surface area contributed by atoms with Gasteiger partial charge in [-0.3, -0.25) is 4.79 Å². The van der Waals surface area contributed by atoms with Gasteiger partial charge in [0.2, 0.25) is 5.91 Å². The van der Waals surface area contributed by atoms with Gasteiger partial charge in [-0.1, -0.05) is 78.9 Å². The molecule has 3 aromatic rings. The zero-order valence-corrected chi connectivity index (χ0v) is 23.0. The van der Waals surface area contributed by atoms with Gasteiger partial charge in [-0.05, 0) is 35.6 Å². The summed E-state index contributed by atoms with van der Waals surface area (Å²) in [5.74, 6) is -0.828. The van der Waals surface area contributed by atoms with Gasteiger partial charge in [0, 0.05) is 18.2 Å². The highest BCUT2D eigenvalue weighted by Crippen LogP contribution is 2.30. The highest BCUT2D eigenvalue weighted by Gasteiger charge is 2.33. The lowest BCUT2D eigenvalue weighted by atomic mass is 9.84. The number of benzene rings is 3. The molecular weight excluding hydrogens is 524 g/mol. The predicted molar refractivity (Wildman–Crippen MR) is 155 cm³/mol. The molecule has 0 aliphatic carbocycles. The molecular formula is C31H36N4O6. The molecule has 3 atom stereocenters. The van der Waals surface area contributed by atoms with Gasteiger partial charge >= 0.3 is 12.2 Å². The average Bonchev–Trinajstić information content (AvgIpc) is 3.00. The van der Waals surface area contributed by atoms with Gasteiger partial charge in [0.05, 0.1) is 25.9 Å². The molecule has 3 aromatic carbocycles. The normalized spacial score (nSPS) is 17.3. The Morgan fingerprint density at radius 2 is 1.61 bits per heavy atom. The summed E-state index contributed by atoms with van der Waals surface area (Å²) in [6.07, 6.45) is -0.185. The van der Waals surface area contributed by atoms with Crippen molar-refractivity contribution in [3.05, 3.63) is 102 Å². The first kappa shape index (κ1) is 29.6. The molecule has 0 unspecified atom stereocenters. The van der Waals surface area contributed by atoms with E-state index in [1.807, 2.05) is 84.9 Å². The molecule has 1 aliphatic rings.